The van der Waals surface area contributed by atoms with Crippen LogP contribution in [-0.4, -0.2) is 24.2 Å². The van der Waals surface area contributed by atoms with E-state index in [1.807, 2.05) is 97.1 Å². The fourth-order valence-electron chi connectivity index (χ4n) is 3.28. The molecule has 0 radical (unpaired) electrons. The van der Waals surface area contributed by atoms with E-state index in [9.17, 15) is 4.79 Å². The monoisotopic (exact) mass is 468 g/mol. The topological polar surface area (TPSA) is 59.6 Å². The molecule has 4 rings (SSSR count). The lowest BCUT2D eigenvalue weighted by molar-refractivity contribution is 0.0977. The first-order valence-corrected chi connectivity index (χ1v) is 11.3. The van der Waals surface area contributed by atoms with Crippen LogP contribution < -0.4 is 20.1 Å². The molecule has 0 aliphatic heterocycles. The predicted molar refractivity (Wildman–Crippen MR) is 139 cm³/mol. The minimum absolute atomic E-state index is 0.210. The summed E-state index contributed by atoms with van der Waals surface area (Å²) in [7, 11) is 0. The van der Waals surface area contributed by atoms with Crippen molar-refractivity contribution in [3.8, 4) is 22.6 Å². The predicted octanol–water partition coefficient (Wildman–Crippen LogP) is 5.94. The molecule has 2 N–H and O–H groups in total. The van der Waals surface area contributed by atoms with Crippen LogP contribution in [-0.2, 0) is 0 Å². The standard InChI is InChI=1S/C28H24N2O3S/c31-27(23-16-14-22(15-17-23)21-8-3-1-4-9-21)30-28(34)29-24-10-7-13-26(20-24)33-19-18-32-25-11-5-2-6-12-25/h1-17,20H,18-19H2,(H2,29,30,31,34). The first-order chi connectivity index (χ1) is 16.7. The highest BCUT2D eigenvalue weighted by atomic mass is 32.1. The summed E-state index contributed by atoms with van der Waals surface area (Å²) in [4.78, 5) is 12.6. The number of thiocarbonyl (C=S) groups is 1. The van der Waals surface area contributed by atoms with Crippen LogP contribution in [0.1, 0.15) is 10.4 Å². The third kappa shape index (κ3) is 6.67. The van der Waals surface area contributed by atoms with Gasteiger partial charge in [0, 0.05) is 17.3 Å². The van der Waals surface area contributed by atoms with Gasteiger partial charge in [-0.05, 0) is 59.7 Å². The van der Waals surface area contributed by atoms with E-state index >= 15 is 0 Å². The number of para-hydroxylation sites is 1. The van der Waals surface area contributed by atoms with Gasteiger partial charge in [-0.15, -0.1) is 0 Å². The molecular weight excluding hydrogens is 444 g/mol. The zero-order valence-corrected chi connectivity index (χ0v) is 19.3. The Morgan fingerprint density at radius 2 is 1.26 bits per heavy atom. The summed E-state index contributed by atoms with van der Waals surface area (Å²) in [6.07, 6.45) is 0. The molecule has 0 aliphatic carbocycles. The summed E-state index contributed by atoms with van der Waals surface area (Å²) in [5.74, 6) is 1.20. The van der Waals surface area contributed by atoms with E-state index in [0.29, 0.717) is 30.2 Å². The lowest BCUT2D eigenvalue weighted by Crippen LogP contribution is -2.34. The van der Waals surface area contributed by atoms with E-state index in [0.717, 1.165) is 16.9 Å². The summed E-state index contributed by atoms with van der Waals surface area (Å²) in [6.45, 7) is 0.831. The van der Waals surface area contributed by atoms with Gasteiger partial charge in [0.2, 0.25) is 0 Å². The zero-order valence-electron chi connectivity index (χ0n) is 18.4. The molecule has 0 unspecified atom stereocenters. The van der Waals surface area contributed by atoms with E-state index in [2.05, 4.69) is 10.6 Å². The first-order valence-electron chi connectivity index (χ1n) is 10.9. The van der Waals surface area contributed by atoms with Crippen molar-refractivity contribution in [3.05, 3.63) is 115 Å². The van der Waals surface area contributed by atoms with Crippen LogP contribution in [0.5, 0.6) is 11.5 Å². The Kier molecular flexibility index (Phi) is 7.87. The molecule has 0 aromatic heterocycles. The Labute approximate surface area is 204 Å². The summed E-state index contributed by atoms with van der Waals surface area (Å²) in [5, 5.41) is 5.95. The molecule has 0 atom stereocenters. The highest BCUT2D eigenvalue weighted by Crippen LogP contribution is 2.20. The third-order valence-corrected chi connectivity index (χ3v) is 5.14. The van der Waals surface area contributed by atoms with Gasteiger partial charge in [0.1, 0.15) is 24.7 Å². The van der Waals surface area contributed by atoms with Gasteiger partial charge in [0.25, 0.3) is 5.91 Å². The van der Waals surface area contributed by atoms with E-state index in [1.165, 1.54) is 0 Å². The molecule has 0 saturated carbocycles. The molecule has 34 heavy (non-hydrogen) atoms. The number of rotatable bonds is 8. The number of carbonyl (C=O) groups excluding carboxylic acids is 1. The average Bonchev–Trinajstić information content (AvgIpc) is 2.88. The SMILES string of the molecule is O=C(NC(=S)Nc1cccc(OCCOc2ccccc2)c1)c1ccc(-c2ccccc2)cc1. The number of hydrogen-bond acceptors (Lipinski definition) is 4. The number of amides is 1. The number of nitrogens with one attached hydrogen (secondary N) is 2. The highest BCUT2D eigenvalue weighted by molar-refractivity contribution is 7.80. The molecule has 0 saturated heterocycles. The van der Waals surface area contributed by atoms with Crippen LogP contribution in [0.3, 0.4) is 0 Å². The van der Waals surface area contributed by atoms with Gasteiger partial charge in [-0.3, -0.25) is 10.1 Å². The number of ether oxygens (including phenoxy) is 2. The lowest BCUT2D eigenvalue weighted by atomic mass is 10.0. The Hall–Kier alpha value is -4.16. The van der Waals surface area contributed by atoms with Crippen LogP contribution in [0.4, 0.5) is 5.69 Å². The largest absolute Gasteiger partial charge is 0.490 e. The molecule has 0 fully saturated rings. The number of carbonyl (C=O) groups is 1. The fraction of sp³-hybridized carbons (Fsp3) is 0.0714. The quantitative estimate of drug-likeness (QED) is 0.248. The smallest absolute Gasteiger partial charge is 0.257 e. The Morgan fingerprint density at radius 1 is 0.676 bits per heavy atom. The van der Waals surface area contributed by atoms with Crippen molar-refractivity contribution >= 4 is 28.9 Å². The summed E-state index contributed by atoms with van der Waals surface area (Å²) < 4.78 is 11.4. The van der Waals surface area contributed by atoms with Gasteiger partial charge in [-0.2, -0.15) is 0 Å². The van der Waals surface area contributed by atoms with Gasteiger partial charge in [0.05, 0.1) is 0 Å². The number of benzene rings is 4. The van der Waals surface area contributed by atoms with Crippen LogP contribution in [0, 0.1) is 0 Å². The van der Waals surface area contributed by atoms with Gasteiger partial charge in [0.15, 0.2) is 5.11 Å². The van der Waals surface area contributed by atoms with Gasteiger partial charge >= 0.3 is 0 Å². The number of hydrogen-bond donors (Lipinski definition) is 2. The zero-order chi connectivity index (χ0) is 23.6. The molecule has 0 spiro atoms. The van der Waals surface area contributed by atoms with Crippen molar-refractivity contribution in [2.24, 2.45) is 0 Å². The van der Waals surface area contributed by atoms with Gasteiger partial charge in [-0.1, -0.05) is 66.7 Å². The van der Waals surface area contributed by atoms with E-state index < -0.39 is 0 Å². The van der Waals surface area contributed by atoms with Crippen molar-refractivity contribution < 1.29 is 14.3 Å². The van der Waals surface area contributed by atoms with Crippen molar-refractivity contribution in [2.45, 2.75) is 0 Å². The molecule has 5 nitrogen and oxygen atoms in total. The highest BCUT2D eigenvalue weighted by Gasteiger charge is 2.09. The Morgan fingerprint density at radius 3 is 1.97 bits per heavy atom. The third-order valence-electron chi connectivity index (χ3n) is 4.94. The lowest BCUT2D eigenvalue weighted by Gasteiger charge is -2.12. The molecule has 4 aromatic rings. The second-order valence-electron chi connectivity index (χ2n) is 7.39. The molecule has 1 amide bonds. The van der Waals surface area contributed by atoms with Crippen molar-refractivity contribution in [2.75, 3.05) is 18.5 Å². The Balaban J connectivity index is 1.26. The molecule has 0 aliphatic rings. The normalized spacial score (nSPS) is 10.2. The second-order valence-corrected chi connectivity index (χ2v) is 7.80. The van der Waals surface area contributed by atoms with Crippen molar-refractivity contribution in [3.63, 3.8) is 0 Å². The Bertz CT molecular complexity index is 1230. The molecular formula is C28H24N2O3S. The second kappa shape index (κ2) is 11.6. The summed E-state index contributed by atoms with van der Waals surface area (Å²) in [6, 6.07) is 34.4. The van der Waals surface area contributed by atoms with E-state index in [1.54, 1.807) is 12.1 Å². The summed E-state index contributed by atoms with van der Waals surface area (Å²) >= 11 is 5.31. The van der Waals surface area contributed by atoms with Crippen molar-refractivity contribution in [1.29, 1.82) is 0 Å². The van der Waals surface area contributed by atoms with Gasteiger partial charge < -0.3 is 14.8 Å². The molecule has 6 heteroatoms. The van der Waals surface area contributed by atoms with Crippen molar-refractivity contribution in [1.82, 2.24) is 5.32 Å². The van der Waals surface area contributed by atoms with E-state index in [-0.39, 0.29) is 11.0 Å². The molecule has 0 heterocycles. The van der Waals surface area contributed by atoms with E-state index in [4.69, 9.17) is 21.7 Å². The molecule has 0 bridgehead atoms. The minimum Gasteiger partial charge on any atom is -0.490 e. The van der Waals surface area contributed by atoms with Crippen LogP contribution in [0.2, 0.25) is 0 Å². The maximum absolute atomic E-state index is 12.6. The molecule has 170 valence electrons. The summed E-state index contributed by atoms with van der Waals surface area (Å²) in [5.41, 5.74) is 3.38. The van der Waals surface area contributed by atoms with Crippen LogP contribution in [0.15, 0.2) is 109 Å². The number of anilines is 1. The maximum Gasteiger partial charge on any atom is 0.257 e. The van der Waals surface area contributed by atoms with Gasteiger partial charge in [-0.25, -0.2) is 0 Å². The molecule has 4 aromatic carbocycles. The average molecular weight is 469 g/mol. The fourth-order valence-corrected chi connectivity index (χ4v) is 3.49. The minimum atomic E-state index is -0.275. The van der Waals surface area contributed by atoms with Crippen LogP contribution >= 0.6 is 12.2 Å². The maximum atomic E-state index is 12.6. The first kappa shape index (κ1) is 23.0. The van der Waals surface area contributed by atoms with Crippen LogP contribution in [0.25, 0.3) is 11.1 Å².